The molecule has 154 valence electrons. The van der Waals surface area contributed by atoms with E-state index in [4.69, 9.17) is 4.74 Å². The highest BCUT2D eigenvalue weighted by Crippen LogP contribution is 2.18. The van der Waals surface area contributed by atoms with E-state index in [0.717, 1.165) is 44.9 Å². The molecule has 0 aromatic carbocycles. The number of hydrogen-bond donors (Lipinski definition) is 1. The lowest BCUT2D eigenvalue weighted by Crippen LogP contribution is -2.30. The molecule has 1 fully saturated rings. The Kier molecular flexibility index (Phi) is 12.1. The monoisotopic (exact) mass is 374 g/mol. The van der Waals surface area contributed by atoms with Crippen molar-refractivity contribution in [3.05, 3.63) is 47.7 Å². The fourth-order valence-corrected chi connectivity index (χ4v) is 3.21. The molecule has 1 unspecified atom stereocenters. The minimum absolute atomic E-state index is 0.595. The van der Waals surface area contributed by atoms with Gasteiger partial charge >= 0.3 is 0 Å². The number of hydrogen-bond acceptors (Lipinski definition) is 3. The molecule has 0 radical (unpaired) electrons. The quantitative estimate of drug-likeness (QED) is 0.341. The lowest BCUT2D eigenvalue weighted by atomic mass is 10.0. The van der Waals surface area contributed by atoms with Crippen molar-refractivity contribution < 1.29 is 4.74 Å². The van der Waals surface area contributed by atoms with E-state index in [2.05, 4.69) is 56.3 Å². The fourth-order valence-electron chi connectivity index (χ4n) is 3.21. The summed E-state index contributed by atoms with van der Waals surface area (Å²) >= 11 is 0. The van der Waals surface area contributed by atoms with Crippen LogP contribution in [-0.4, -0.2) is 44.8 Å². The normalized spacial score (nSPS) is 18.0. The molecule has 0 aromatic heterocycles. The maximum atomic E-state index is 5.28. The maximum absolute atomic E-state index is 5.28. The van der Waals surface area contributed by atoms with Crippen molar-refractivity contribution >= 4 is 0 Å². The van der Waals surface area contributed by atoms with E-state index in [1.165, 1.54) is 48.8 Å². The van der Waals surface area contributed by atoms with E-state index in [-0.39, 0.29) is 0 Å². The van der Waals surface area contributed by atoms with E-state index in [0.29, 0.717) is 5.92 Å². The molecule has 1 heterocycles. The Balaban J connectivity index is 2.34. The van der Waals surface area contributed by atoms with Crippen LogP contribution in [0, 0.1) is 5.92 Å². The zero-order valence-corrected chi connectivity index (χ0v) is 18.3. The van der Waals surface area contributed by atoms with Crippen LogP contribution < -0.4 is 5.32 Å². The zero-order valence-electron chi connectivity index (χ0n) is 18.3. The van der Waals surface area contributed by atoms with Gasteiger partial charge in [0.1, 0.15) is 0 Å². The molecule has 3 heteroatoms. The first-order chi connectivity index (χ1) is 12.9. The molecule has 1 aliphatic rings. The van der Waals surface area contributed by atoms with Crippen molar-refractivity contribution in [2.24, 2.45) is 5.92 Å². The van der Waals surface area contributed by atoms with E-state index >= 15 is 0 Å². The van der Waals surface area contributed by atoms with E-state index in [1.54, 1.807) is 7.11 Å². The second-order valence-corrected chi connectivity index (χ2v) is 8.04. The number of allylic oxidation sites excluding steroid dienone is 5. The summed E-state index contributed by atoms with van der Waals surface area (Å²) in [6.07, 6.45) is 11.7. The Bertz CT molecular complexity index is 518. The summed E-state index contributed by atoms with van der Waals surface area (Å²) in [5.74, 6) is 0.595. The zero-order chi connectivity index (χ0) is 20.1. The molecule has 1 saturated heterocycles. The van der Waals surface area contributed by atoms with Crippen LogP contribution in [0.15, 0.2) is 47.7 Å². The van der Waals surface area contributed by atoms with Crippen LogP contribution in [-0.2, 0) is 4.74 Å². The first kappa shape index (κ1) is 23.7. The molecule has 0 bridgehead atoms. The third-order valence-corrected chi connectivity index (χ3v) is 5.54. The summed E-state index contributed by atoms with van der Waals surface area (Å²) in [5.41, 5.74) is 5.20. The molecule has 27 heavy (non-hydrogen) atoms. The topological polar surface area (TPSA) is 24.5 Å². The maximum Gasteiger partial charge on any atom is 0.0589 e. The lowest BCUT2D eigenvalue weighted by molar-refractivity contribution is 0.143. The van der Waals surface area contributed by atoms with Gasteiger partial charge in [0.2, 0.25) is 0 Å². The number of rotatable bonds is 13. The van der Waals surface area contributed by atoms with Crippen molar-refractivity contribution in [2.45, 2.75) is 59.3 Å². The fraction of sp³-hybridized carbons (Fsp3) is 0.667. The third-order valence-electron chi connectivity index (χ3n) is 5.54. The highest BCUT2D eigenvalue weighted by Gasteiger charge is 2.09. The minimum Gasteiger partial charge on any atom is -0.385 e. The largest absolute Gasteiger partial charge is 0.385 e. The van der Waals surface area contributed by atoms with Crippen molar-refractivity contribution in [1.82, 2.24) is 10.2 Å². The summed E-state index contributed by atoms with van der Waals surface area (Å²) in [6.45, 7) is 20.0. The van der Waals surface area contributed by atoms with Crippen LogP contribution in [0.2, 0.25) is 0 Å². The van der Waals surface area contributed by atoms with Gasteiger partial charge in [-0.25, -0.2) is 0 Å². The third kappa shape index (κ3) is 10.6. The molecule has 1 rings (SSSR count). The first-order valence-corrected chi connectivity index (χ1v) is 10.6. The number of unbranched alkanes of at least 4 members (excludes halogenated alkanes) is 1. The summed E-state index contributed by atoms with van der Waals surface area (Å²) < 4.78 is 5.28. The van der Waals surface area contributed by atoms with Crippen LogP contribution in [0.4, 0.5) is 0 Å². The SMILES string of the molecule is C=C1NCCC/C1=C/C=C(\C)CCCCN(CCOC)CCC(C)C(=C)C. The molecule has 0 spiro atoms. The van der Waals surface area contributed by atoms with E-state index in [1.807, 2.05) is 0 Å². The second kappa shape index (κ2) is 13.8. The minimum atomic E-state index is 0.595. The van der Waals surface area contributed by atoms with Gasteiger partial charge in [-0.05, 0) is 77.0 Å². The van der Waals surface area contributed by atoms with E-state index in [9.17, 15) is 0 Å². The molecule has 0 saturated carbocycles. The van der Waals surface area contributed by atoms with Gasteiger partial charge in [0.25, 0.3) is 0 Å². The van der Waals surface area contributed by atoms with Gasteiger partial charge in [-0.15, -0.1) is 0 Å². The molecule has 3 nitrogen and oxygen atoms in total. The molecule has 1 N–H and O–H groups in total. The number of ether oxygens (including phenoxy) is 1. The number of piperidine rings is 1. The summed E-state index contributed by atoms with van der Waals surface area (Å²) in [4.78, 5) is 2.54. The number of nitrogens with zero attached hydrogens (tertiary/aromatic N) is 1. The average molecular weight is 375 g/mol. The van der Waals surface area contributed by atoms with Gasteiger partial charge in [0.15, 0.2) is 0 Å². The average Bonchev–Trinajstić information content (AvgIpc) is 2.65. The van der Waals surface area contributed by atoms with Crippen molar-refractivity contribution in [2.75, 3.05) is 39.9 Å². The van der Waals surface area contributed by atoms with E-state index < -0.39 is 0 Å². The lowest BCUT2D eigenvalue weighted by Gasteiger charge is -2.24. The van der Waals surface area contributed by atoms with Crippen molar-refractivity contribution in [1.29, 1.82) is 0 Å². The van der Waals surface area contributed by atoms with Gasteiger partial charge in [-0.1, -0.05) is 43.4 Å². The predicted molar refractivity (Wildman–Crippen MR) is 119 cm³/mol. The van der Waals surface area contributed by atoms with Crippen LogP contribution in [0.1, 0.15) is 59.3 Å². The first-order valence-electron chi connectivity index (χ1n) is 10.6. The standard InChI is InChI=1S/C24H42N2O/c1-20(2)22(4)14-17-26(18-19-27-6)16-8-7-10-21(3)12-13-24-11-9-15-25-23(24)5/h12-13,22,25H,1,5,7-11,14-19H2,2-4,6H3/b21-12+,24-13-. The van der Waals surface area contributed by atoms with Crippen LogP contribution in [0.3, 0.4) is 0 Å². The highest BCUT2D eigenvalue weighted by atomic mass is 16.5. The second-order valence-electron chi connectivity index (χ2n) is 8.04. The molecular weight excluding hydrogens is 332 g/mol. The molecular formula is C24H42N2O. The Hall–Kier alpha value is -1.32. The molecule has 1 aliphatic heterocycles. The molecule has 0 aliphatic carbocycles. The Morgan fingerprint density at radius 3 is 2.70 bits per heavy atom. The Morgan fingerprint density at radius 2 is 2.04 bits per heavy atom. The van der Waals surface area contributed by atoms with Gasteiger partial charge in [0.05, 0.1) is 6.61 Å². The van der Waals surface area contributed by atoms with Crippen LogP contribution in [0.25, 0.3) is 0 Å². The van der Waals surface area contributed by atoms with Gasteiger partial charge in [0, 0.05) is 25.9 Å². The highest BCUT2D eigenvalue weighted by molar-refractivity contribution is 5.32. The molecule has 1 atom stereocenters. The number of methoxy groups -OCH3 is 1. The summed E-state index contributed by atoms with van der Waals surface area (Å²) in [5, 5.41) is 3.35. The predicted octanol–water partition coefficient (Wildman–Crippen LogP) is 5.48. The smallest absolute Gasteiger partial charge is 0.0589 e. The van der Waals surface area contributed by atoms with Gasteiger partial charge < -0.3 is 15.0 Å². The summed E-state index contributed by atoms with van der Waals surface area (Å²) in [7, 11) is 1.79. The number of nitrogens with one attached hydrogen (secondary N) is 1. The van der Waals surface area contributed by atoms with Gasteiger partial charge in [-0.3, -0.25) is 0 Å². The summed E-state index contributed by atoms with van der Waals surface area (Å²) in [6, 6.07) is 0. The van der Waals surface area contributed by atoms with Crippen molar-refractivity contribution in [3.63, 3.8) is 0 Å². The van der Waals surface area contributed by atoms with Crippen LogP contribution >= 0.6 is 0 Å². The van der Waals surface area contributed by atoms with Gasteiger partial charge in [-0.2, -0.15) is 0 Å². The molecule has 0 amide bonds. The molecule has 0 aromatic rings. The Labute approximate surface area is 168 Å². The van der Waals surface area contributed by atoms with Crippen molar-refractivity contribution in [3.8, 4) is 0 Å². The Morgan fingerprint density at radius 1 is 1.26 bits per heavy atom. The van der Waals surface area contributed by atoms with Crippen LogP contribution in [0.5, 0.6) is 0 Å².